The number of nitrogens with zero attached hydrogens (tertiary/aromatic N) is 3. The third-order valence-corrected chi connectivity index (χ3v) is 6.53. The lowest BCUT2D eigenvalue weighted by Gasteiger charge is -2.37. The molecule has 0 radical (unpaired) electrons. The zero-order valence-corrected chi connectivity index (χ0v) is 18.7. The zero-order chi connectivity index (χ0) is 23.5. The van der Waals surface area contributed by atoms with Crippen molar-refractivity contribution in [2.24, 2.45) is 5.92 Å². The monoisotopic (exact) mass is 460 g/mol. The molecule has 7 heteroatoms. The Morgan fingerprint density at radius 1 is 1.06 bits per heavy atom. The van der Waals surface area contributed by atoms with Crippen LogP contribution in [0.15, 0.2) is 79.1 Å². The maximum absolute atomic E-state index is 14.4. The Kier molecular flexibility index (Phi) is 6.25. The van der Waals surface area contributed by atoms with E-state index >= 15 is 0 Å². The van der Waals surface area contributed by atoms with Crippen LogP contribution >= 0.6 is 0 Å². The SMILES string of the molecule is O=C(Nc1ccc(F)cc1F)N(Cc1ccccc1)C(C1CCCC1)n1ccc2cccnc21. The third kappa shape index (κ3) is 4.51. The quantitative estimate of drug-likeness (QED) is 0.347. The fourth-order valence-corrected chi connectivity index (χ4v) is 4.93. The van der Waals surface area contributed by atoms with Gasteiger partial charge in [0.05, 0.1) is 5.69 Å². The molecule has 0 aliphatic heterocycles. The molecular weight excluding hydrogens is 434 g/mol. The summed E-state index contributed by atoms with van der Waals surface area (Å²) in [6, 6.07) is 18.3. The molecule has 0 bridgehead atoms. The van der Waals surface area contributed by atoms with Crippen molar-refractivity contribution in [3.8, 4) is 0 Å². The number of fused-ring (bicyclic) bond motifs is 1. The number of hydrogen-bond acceptors (Lipinski definition) is 2. The number of aromatic nitrogens is 2. The number of pyridine rings is 1. The number of halogens is 2. The van der Waals surface area contributed by atoms with Gasteiger partial charge >= 0.3 is 6.03 Å². The lowest BCUT2D eigenvalue weighted by molar-refractivity contribution is 0.112. The van der Waals surface area contributed by atoms with E-state index in [0.29, 0.717) is 6.54 Å². The van der Waals surface area contributed by atoms with Crippen LogP contribution in [0.3, 0.4) is 0 Å². The Hall–Kier alpha value is -3.74. The summed E-state index contributed by atoms with van der Waals surface area (Å²) >= 11 is 0. The Balaban J connectivity index is 1.57. The van der Waals surface area contributed by atoms with Gasteiger partial charge in [-0.3, -0.25) is 4.90 Å². The second-order valence-electron chi connectivity index (χ2n) is 8.77. The summed E-state index contributed by atoms with van der Waals surface area (Å²) in [5, 5.41) is 3.68. The molecule has 0 saturated heterocycles. The molecule has 1 N–H and O–H groups in total. The summed E-state index contributed by atoms with van der Waals surface area (Å²) in [7, 11) is 0. The van der Waals surface area contributed by atoms with Gasteiger partial charge in [0.15, 0.2) is 0 Å². The normalized spacial score (nSPS) is 14.9. The molecule has 2 heterocycles. The largest absolute Gasteiger partial charge is 0.323 e. The Morgan fingerprint density at radius 3 is 2.62 bits per heavy atom. The smallest absolute Gasteiger partial charge is 0.311 e. The van der Waals surface area contributed by atoms with Crippen molar-refractivity contribution in [2.45, 2.75) is 38.4 Å². The Bertz CT molecular complexity index is 1280. The number of urea groups is 1. The standard InChI is InChI=1S/C27H26F2N4O/c28-22-12-13-24(23(29)17-22)31-27(34)33(18-19-7-2-1-3-8-19)26(21-9-4-5-10-21)32-16-14-20-11-6-15-30-25(20)32/h1-3,6-8,11-17,21,26H,4-5,9-10,18H2,(H,31,34). The molecule has 1 aliphatic carbocycles. The van der Waals surface area contributed by atoms with E-state index < -0.39 is 17.7 Å². The fourth-order valence-electron chi connectivity index (χ4n) is 4.93. The van der Waals surface area contributed by atoms with Crippen LogP contribution in [0.5, 0.6) is 0 Å². The van der Waals surface area contributed by atoms with Crippen LogP contribution in [0.4, 0.5) is 19.3 Å². The van der Waals surface area contributed by atoms with Crippen LogP contribution < -0.4 is 5.32 Å². The highest BCUT2D eigenvalue weighted by Gasteiger charge is 2.35. The molecule has 2 aromatic heterocycles. The first-order valence-electron chi connectivity index (χ1n) is 11.6. The summed E-state index contributed by atoms with van der Waals surface area (Å²) in [6.45, 7) is 0.336. The van der Waals surface area contributed by atoms with Gasteiger partial charge in [-0.25, -0.2) is 18.6 Å². The van der Waals surface area contributed by atoms with Crippen LogP contribution in [-0.4, -0.2) is 20.5 Å². The molecule has 5 nitrogen and oxygen atoms in total. The van der Waals surface area contributed by atoms with Crippen molar-refractivity contribution < 1.29 is 13.6 Å². The Labute approximate surface area is 197 Å². The van der Waals surface area contributed by atoms with Gasteiger partial charge in [0, 0.05) is 30.4 Å². The first-order chi connectivity index (χ1) is 16.6. The number of hydrogen-bond donors (Lipinski definition) is 1. The van der Waals surface area contributed by atoms with Gasteiger partial charge < -0.3 is 9.88 Å². The zero-order valence-electron chi connectivity index (χ0n) is 18.7. The topological polar surface area (TPSA) is 50.2 Å². The van der Waals surface area contributed by atoms with Crippen molar-refractivity contribution in [2.75, 3.05) is 5.32 Å². The van der Waals surface area contributed by atoms with Gasteiger partial charge in [0.1, 0.15) is 23.4 Å². The van der Waals surface area contributed by atoms with E-state index in [1.54, 1.807) is 11.1 Å². The lowest BCUT2D eigenvalue weighted by Crippen LogP contribution is -2.43. The summed E-state index contributed by atoms with van der Waals surface area (Å²) in [4.78, 5) is 20.0. The average Bonchev–Trinajstić information content (AvgIpc) is 3.52. The first kappa shape index (κ1) is 22.1. The minimum absolute atomic E-state index is 0.0508. The fraction of sp³-hybridized carbons (Fsp3) is 0.259. The molecule has 5 rings (SSSR count). The molecule has 1 saturated carbocycles. The maximum atomic E-state index is 14.4. The van der Waals surface area contributed by atoms with E-state index in [1.807, 2.05) is 54.7 Å². The number of amides is 2. The molecular formula is C27H26F2N4O. The van der Waals surface area contributed by atoms with Gasteiger partial charge in [-0.15, -0.1) is 0 Å². The van der Waals surface area contributed by atoms with E-state index in [0.717, 1.165) is 54.4 Å². The van der Waals surface area contributed by atoms with Crippen molar-refractivity contribution in [1.29, 1.82) is 0 Å². The molecule has 0 spiro atoms. The molecule has 1 fully saturated rings. The van der Waals surface area contributed by atoms with Gasteiger partial charge in [0.2, 0.25) is 0 Å². The molecule has 34 heavy (non-hydrogen) atoms. The Morgan fingerprint density at radius 2 is 1.85 bits per heavy atom. The van der Waals surface area contributed by atoms with Crippen molar-refractivity contribution >= 4 is 22.8 Å². The molecule has 1 aliphatic rings. The number of carbonyl (C=O) groups is 1. The highest BCUT2D eigenvalue weighted by atomic mass is 19.1. The predicted molar refractivity (Wildman–Crippen MR) is 128 cm³/mol. The molecule has 2 aromatic carbocycles. The second-order valence-corrected chi connectivity index (χ2v) is 8.77. The van der Waals surface area contributed by atoms with E-state index in [4.69, 9.17) is 0 Å². The number of nitrogens with one attached hydrogen (secondary N) is 1. The molecule has 1 unspecified atom stereocenters. The minimum atomic E-state index is -0.807. The number of rotatable bonds is 6. The van der Waals surface area contributed by atoms with Crippen molar-refractivity contribution in [3.05, 3.63) is 96.3 Å². The van der Waals surface area contributed by atoms with Crippen LogP contribution in [0.2, 0.25) is 0 Å². The number of anilines is 1. The maximum Gasteiger partial charge on any atom is 0.323 e. The number of benzene rings is 2. The van der Waals surface area contributed by atoms with E-state index in [-0.39, 0.29) is 17.8 Å². The van der Waals surface area contributed by atoms with Gasteiger partial charge in [-0.1, -0.05) is 43.2 Å². The van der Waals surface area contributed by atoms with Gasteiger partial charge in [0.25, 0.3) is 0 Å². The first-order valence-corrected chi connectivity index (χ1v) is 11.6. The van der Waals surface area contributed by atoms with E-state index in [1.165, 1.54) is 6.07 Å². The van der Waals surface area contributed by atoms with Crippen LogP contribution in [0.1, 0.15) is 37.4 Å². The summed E-state index contributed by atoms with van der Waals surface area (Å²) < 4.78 is 29.9. The molecule has 174 valence electrons. The molecule has 4 aromatic rings. The minimum Gasteiger partial charge on any atom is -0.311 e. The average molecular weight is 461 g/mol. The van der Waals surface area contributed by atoms with Crippen molar-refractivity contribution in [1.82, 2.24) is 14.5 Å². The molecule has 1 atom stereocenters. The second kappa shape index (κ2) is 9.63. The van der Waals surface area contributed by atoms with Crippen LogP contribution in [0, 0.1) is 17.6 Å². The van der Waals surface area contributed by atoms with Gasteiger partial charge in [-0.2, -0.15) is 0 Å². The molecule has 2 amide bonds. The van der Waals surface area contributed by atoms with E-state index in [2.05, 4.69) is 14.9 Å². The highest BCUT2D eigenvalue weighted by Crippen LogP contribution is 2.39. The van der Waals surface area contributed by atoms with Crippen molar-refractivity contribution in [3.63, 3.8) is 0 Å². The summed E-state index contributed by atoms with van der Waals surface area (Å²) in [5.41, 5.74) is 1.72. The lowest BCUT2D eigenvalue weighted by atomic mass is 10.0. The van der Waals surface area contributed by atoms with Crippen LogP contribution in [0.25, 0.3) is 11.0 Å². The summed E-state index contributed by atoms with van der Waals surface area (Å²) in [6.07, 6.45) is 7.59. The highest BCUT2D eigenvalue weighted by molar-refractivity contribution is 5.89. The predicted octanol–water partition coefficient (Wildman–Crippen LogP) is 6.74. The van der Waals surface area contributed by atoms with Crippen LogP contribution in [-0.2, 0) is 6.54 Å². The summed E-state index contributed by atoms with van der Waals surface area (Å²) in [5.74, 6) is -1.27. The van der Waals surface area contributed by atoms with Gasteiger partial charge in [-0.05, 0) is 54.7 Å². The van der Waals surface area contributed by atoms with E-state index in [9.17, 15) is 13.6 Å². The number of carbonyl (C=O) groups excluding carboxylic acids is 1. The third-order valence-electron chi connectivity index (χ3n) is 6.53.